The second-order valence-electron chi connectivity index (χ2n) is 3.92. The molecule has 3 N–H and O–H groups in total. The second-order valence-corrected chi connectivity index (χ2v) is 5.07. The molecule has 0 saturated carbocycles. The van der Waals surface area contributed by atoms with Crippen LogP contribution in [0.3, 0.4) is 0 Å². The van der Waals surface area contributed by atoms with Gasteiger partial charge in [-0.3, -0.25) is 9.59 Å². The van der Waals surface area contributed by atoms with Crippen molar-refractivity contribution in [3.63, 3.8) is 0 Å². The lowest BCUT2D eigenvalue weighted by Crippen LogP contribution is -2.32. The first-order valence-corrected chi connectivity index (χ1v) is 6.96. The Hall–Kier alpha value is -1.53. The van der Waals surface area contributed by atoms with Gasteiger partial charge < -0.3 is 15.6 Å². The van der Waals surface area contributed by atoms with Gasteiger partial charge in [-0.15, -0.1) is 0 Å². The van der Waals surface area contributed by atoms with E-state index in [0.717, 1.165) is 0 Å². The normalized spacial score (nSPS) is 11.9. The summed E-state index contributed by atoms with van der Waals surface area (Å²) in [4.78, 5) is 21.8. The highest BCUT2D eigenvalue weighted by Gasteiger charge is 2.11. The van der Waals surface area contributed by atoms with Crippen LogP contribution < -0.4 is 10.5 Å². The van der Waals surface area contributed by atoms with E-state index in [4.69, 9.17) is 15.6 Å². The number of aliphatic carboxylic acids is 1. The molecule has 0 aliphatic rings. The van der Waals surface area contributed by atoms with E-state index >= 15 is 0 Å². The van der Waals surface area contributed by atoms with Crippen molar-refractivity contribution in [2.24, 2.45) is 5.73 Å². The summed E-state index contributed by atoms with van der Waals surface area (Å²) in [6.07, 6.45) is 0. The summed E-state index contributed by atoms with van der Waals surface area (Å²) in [5.41, 5.74) is 5.92. The zero-order chi connectivity index (χ0) is 14.3. The van der Waals surface area contributed by atoms with Crippen molar-refractivity contribution in [3.05, 3.63) is 29.8 Å². The van der Waals surface area contributed by atoms with Crippen molar-refractivity contribution in [2.75, 3.05) is 18.1 Å². The van der Waals surface area contributed by atoms with Gasteiger partial charge in [-0.2, -0.15) is 11.8 Å². The number of nitrogens with two attached hydrogens (primary N) is 1. The van der Waals surface area contributed by atoms with Crippen LogP contribution in [0.2, 0.25) is 0 Å². The van der Waals surface area contributed by atoms with E-state index in [1.54, 1.807) is 24.3 Å². The number of rotatable bonds is 8. The lowest BCUT2D eigenvalue weighted by Gasteiger charge is -2.10. The molecule has 0 aliphatic heterocycles. The Bertz CT molecular complexity index is 450. The molecule has 19 heavy (non-hydrogen) atoms. The molecular weight excluding hydrogens is 266 g/mol. The zero-order valence-corrected chi connectivity index (χ0v) is 11.5. The molecule has 0 bridgehead atoms. The third-order valence-electron chi connectivity index (χ3n) is 2.37. The number of hydrogen-bond acceptors (Lipinski definition) is 5. The van der Waals surface area contributed by atoms with Gasteiger partial charge in [0.05, 0.1) is 12.2 Å². The van der Waals surface area contributed by atoms with Gasteiger partial charge in [0.1, 0.15) is 11.8 Å². The molecule has 0 heterocycles. The molecule has 5 nitrogen and oxygen atoms in total. The molecule has 0 saturated heterocycles. The highest BCUT2D eigenvalue weighted by Crippen LogP contribution is 2.18. The minimum absolute atomic E-state index is 0.0452. The Labute approximate surface area is 116 Å². The first-order chi connectivity index (χ1) is 9.02. The Morgan fingerprint density at radius 2 is 2.11 bits per heavy atom. The lowest BCUT2D eigenvalue weighted by molar-refractivity contribution is -0.137. The molecule has 1 aromatic carbocycles. The molecule has 0 aliphatic carbocycles. The number of carboxylic acid groups (broad SMARTS) is 1. The number of carboxylic acids is 1. The maximum Gasteiger partial charge on any atom is 0.321 e. The van der Waals surface area contributed by atoms with Crippen LogP contribution in [-0.2, 0) is 4.79 Å². The van der Waals surface area contributed by atoms with Gasteiger partial charge in [0.2, 0.25) is 0 Å². The number of carbonyl (C=O) groups is 2. The summed E-state index contributed by atoms with van der Waals surface area (Å²) in [5, 5.41) is 8.61. The highest BCUT2D eigenvalue weighted by molar-refractivity contribution is 7.99. The lowest BCUT2D eigenvalue weighted by atomic mass is 10.1. The van der Waals surface area contributed by atoms with Gasteiger partial charge in [0.15, 0.2) is 5.78 Å². The summed E-state index contributed by atoms with van der Waals surface area (Å²) in [6, 6.07) is 6.18. The van der Waals surface area contributed by atoms with E-state index < -0.39 is 12.0 Å². The van der Waals surface area contributed by atoms with Gasteiger partial charge in [-0.1, -0.05) is 12.1 Å². The number of ether oxygens (including phenoxy) is 1. The quantitative estimate of drug-likeness (QED) is 0.554. The average molecular weight is 283 g/mol. The van der Waals surface area contributed by atoms with Crippen molar-refractivity contribution in [3.8, 4) is 5.75 Å². The fourth-order valence-electron chi connectivity index (χ4n) is 1.38. The molecule has 0 aromatic heterocycles. The fraction of sp³-hybridized carbons (Fsp3) is 0.385. The van der Waals surface area contributed by atoms with E-state index in [1.807, 2.05) is 0 Å². The first kappa shape index (κ1) is 15.5. The van der Waals surface area contributed by atoms with Crippen LogP contribution in [-0.4, -0.2) is 41.0 Å². The van der Waals surface area contributed by atoms with Gasteiger partial charge in [0, 0.05) is 11.5 Å². The Morgan fingerprint density at radius 1 is 1.42 bits per heavy atom. The standard InChI is InChI=1S/C13H17NO4S/c1-9(15)10-4-2-3-5-12(10)18-6-7-19-8-11(14)13(16)17/h2-5,11H,6-8,14H2,1H3,(H,16,17). The number of thioether (sulfide) groups is 1. The largest absolute Gasteiger partial charge is 0.492 e. The maximum atomic E-state index is 11.4. The molecule has 6 heteroatoms. The molecule has 0 fully saturated rings. The van der Waals surface area contributed by atoms with Crippen LogP contribution in [0.4, 0.5) is 0 Å². The van der Waals surface area contributed by atoms with Crippen molar-refractivity contribution < 1.29 is 19.4 Å². The summed E-state index contributed by atoms with van der Waals surface area (Å²) in [6.45, 7) is 1.89. The van der Waals surface area contributed by atoms with Crippen molar-refractivity contribution in [1.82, 2.24) is 0 Å². The fourth-order valence-corrected chi connectivity index (χ4v) is 2.14. The third kappa shape index (κ3) is 5.32. The second kappa shape index (κ2) is 7.81. The van der Waals surface area contributed by atoms with Crippen LogP contribution in [0.15, 0.2) is 24.3 Å². The number of hydrogen-bond donors (Lipinski definition) is 2. The number of benzene rings is 1. The zero-order valence-electron chi connectivity index (χ0n) is 10.7. The summed E-state index contributed by atoms with van der Waals surface area (Å²) in [7, 11) is 0. The number of Topliss-reactive ketones (excluding diaryl/α,β-unsaturated/α-hetero) is 1. The van der Waals surface area contributed by atoms with Crippen LogP contribution in [0.1, 0.15) is 17.3 Å². The monoisotopic (exact) mass is 283 g/mol. The number of ketones is 1. The Kier molecular flexibility index (Phi) is 6.38. The predicted molar refractivity (Wildman–Crippen MR) is 74.9 cm³/mol. The Balaban J connectivity index is 2.34. The molecule has 104 valence electrons. The van der Waals surface area contributed by atoms with Crippen LogP contribution in [0, 0.1) is 0 Å². The van der Waals surface area contributed by atoms with E-state index in [9.17, 15) is 9.59 Å². The van der Waals surface area contributed by atoms with Gasteiger partial charge in [-0.25, -0.2) is 0 Å². The van der Waals surface area contributed by atoms with Crippen LogP contribution >= 0.6 is 11.8 Å². The SMILES string of the molecule is CC(=O)c1ccccc1OCCSCC(N)C(=O)O. The van der Waals surface area contributed by atoms with E-state index in [0.29, 0.717) is 29.4 Å². The molecular formula is C13H17NO4S. The minimum Gasteiger partial charge on any atom is -0.492 e. The minimum atomic E-state index is -1.00. The molecule has 0 spiro atoms. The van der Waals surface area contributed by atoms with E-state index in [2.05, 4.69) is 0 Å². The van der Waals surface area contributed by atoms with E-state index in [1.165, 1.54) is 18.7 Å². The molecule has 1 aromatic rings. The van der Waals surface area contributed by atoms with Crippen molar-refractivity contribution >= 4 is 23.5 Å². The van der Waals surface area contributed by atoms with Crippen LogP contribution in [0.5, 0.6) is 5.75 Å². The van der Waals surface area contributed by atoms with Gasteiger partial charge >= 0.3 is 5.97 Å². The maximum absolute atomic E-state index is 11.4. The van der Waals surface area contributed by atoms with Gasteiger partial charge in [-0.05, 0) is 19.1 Å². The molecule has 0 amide bonds. The van der Waals surface area contributed by atoms with Crippen molar-refractivity contribution in [2.45, 2.75) is 13.0 Å². The predicted octanol–water partition coefficient (Wildman–Crippen LogP) is 1.41. The van der Waals surface area contributed by atoms with Crippen LogP contribution in [0.25, 0.3) is 0 Å². The van der Waals surface area contributed by atoms with Crippen molar-refractivity contribution in [1.29, 1.82) is 0 Å². The third-order valence-corrected chi connectivity index (χ3v) is 3.42. The summed E-state index contributed by atoms with van der Waals surface area (Å²) in [5.74, 6) is 0.463. The average Bonchev–Trinajstić information content (AvgIpc) is 2.38. The molecule has 0 radical (unpaired) electrons. The summed E-state index contributed by atoms with van der Waals surface area (Å²) < 4.78 is 5.51. The number of para-hydroxylation sites is 1. The molecule has 1 rings (SSSR count). The molecule has 1 unspecified atom stereocenters. The topological polar surface area (TPSA) is 89.6 Å². The van der Waals surface area contributed by atoms with E-state index in [-0.39, 0.29) is 5.78 Å². The number of carbonyl (C=O) groups excluding carboxylic acids is 1. The highest BCUT2D eigenvalue weighted by atomic mass is 32.2. The smallest absolute Gasteiger partial charge is 0.321 e. The molecule has 1 atom stereocenters. The Morgan fingerprint density at radius 3 is 2.74 bits per heavy atom. The van der Waals surface area contributed by atoms with Gasteiger partial charge in [0.25, 0.3) is 0 Å². The summed E-state index contributed by atoms with van der Waals surface area (Å²) >= 11 is 1.41. The first-order valence-electron chi connectivity index (χ1n) is 5.81.